The van der Waals surface area contributed by atoms with Crippen LogP contribution >= 0.6 is 0 Å². The van der Waals surface area contributed by atoms with Crippen LogP contribution < -0.4 is 10.6 Å². The van der Waals surface area contributed by atoms with Gasteiger partial charge in [0, 0.05) is 13.1 Å². The van der Waals surface area contributed by atoms with Gasteiger partial charge in [0.1, 0.15) is 0 Å². The van der Waals surface area contributed by atoms with E-state index in [1.165, 1.54) is 0 Å². The number of carboxylic acids is 1. The van der Waals surface area contributed by atoms with Gasteiger partial charge in [-0.1, -0.05) is 29.3 Å². The largest absolute Gasteiger partial charge is 0.481 e. The van der Waals surface area contributed by atoms with Gasteiger partial charge in [-0.15, -0.1) is 0 Å². The summed E-state index contributed by atoms with van der Waals surface area (Å²) in [7, 11) is 0. The summed E-state index contributed by atoms with van der Waals surface area (Å²) >= 11 is 0. The zero-order valence-electron chi connectivity index (χ0n) is 11.6. The molecule has 0 aliphatic rings. The fourth-order valence-corrected chi connectivity index (χ4v) is 1.85. The standard InChI is InChI=1S/C14H20N2O4/c1-9-5-10(2)7-11(6-9)12(17)8-16-14(20)15-4-3-13(18)19/h5-7,12,17H,3-4,8H2,1-2H3,(H,18,19)(H2,15,16,20). The lowest BCUT2D eigenvalue weighted by Gasteiger charge is -2.14. The number of hydrogen-bond donors (Lipinski definition) is 4. The van der Waals surface area contributed by atoms with E-state index in [1.54, 1.807) is 0 Å². The molecule has 0 bridgehead atoms. The Kier molecular flexibility index (Phi) is 5.99. The minimum atomic E-state index is -0.972. The normalized spacial score (nSPS) is 11.8. The second-order valence-electron chi connectivity index (χ2n) is 4.72. The molecule has 4 N–H and O–H groups in total. The van der Waals surface area contributed by atoms with Gasteiger partial charge in [-0.2, -0.15) is 0 Å². The Morgan fingerprint density at radius 2 is 1.75 bits per heavy atom. The third kappa shape index (κ3) is 5.71. The molecule has 0 aliphatic heterocycles. The van der Waals surface area contributed by atoms with E-state index in [4.69, 9.17) is 5.11 Å². The van der Waals surface area contributed by atoms with Crippen LogP contribution in [0, 0.1) is 13.8 Å². The van der Waals surface area contributed by atoms with Crippen LogP contribution in [0.4, 0.5) is 4.79 Å². The maximum Gasteiger partial charge on any atom is 0.314 e. The smallest absolute Gasteiger partial charge is 0.314 e. The molecule has 20 heavy (non-hydrogen) atoms. The van der Waals surface area contributed by atoms with Gasteiger partial charge in [-0.3, -0.25) is 4.79 Å². The Balaban J connectivity index is 2.40. The summed E-state index contributed by atoms with van der Waals surface area (Å²) < 4.78 is 0. The van der Waals surface area contributed by atoms with Gasteiger partial charge in [-0.25, -0.2) is 4.79 Å². The van der Waals surface area contributed by atoms with Crippen LogP contribution in [0.1, 0.15) is 29.2 Å². The molecule has 1 unspecified atom stereocenters. The van der Waals surface area contributed by atoms with Crippen LogP contribution in [0.25, 0.3) is 0 Å². The summed E-state index contributed by atoms with van der Waals surface area (Å²) in [5, 5.41) is 23.3. The van der Waals surface area contributed by atoms with Crippen LogP contribution in [0.3, 0.4) is 0 Å². The lowest BCUT2D eigenvalue weighted by Crippen LogP contribution is -2.38. The molecule has 0 aliphatic carbocycles. The molecule has 6 nitrogen and oxygen atoms in total. The van der Waals surface area contributed by atoms with E-state index in [2.05, 4.69) is 10.6 Å². The molecule has 0 saturated heterocycles. The molecule has 6 heteroatoms. The maximum atomic E-state index is 11.4. The number of urea groups is 1. The van der Waals surface area contributed by atoms with Crippen LogP contribution in [0.15, 0.2) is 18.2 Å². The summed E-state index contributed by atoms with van der Waals surface area (Å²) in [6.45, 7) is 4.01. The SMILES string of the molecule is Cc1cc(C)cc(C(O)CNC(=O)NCCC(=O)O)c1. The molecular weight excluding hydrogens is 260 g/mol. The first-order valence-electron chi connectivity index (χ1n) is 6.38. The molecule has 1 aromatic carbocycles. The minimum Gasteiger partial charge on any atom is -0.481 e. The highest BCUT2D eigenvalue weighted by atomic mass is 16.4. The second kappa shape index (κ2) is 7.49. The molecule has 1 aromatic rings. The number of aliphatic hydroxyl groups excluding tert-OH is 1. The third-order valence-electron chi connectivity index (χ3n) is 2.71. The number of benzene rings is 1. The Bertz CT molecular complexity index is 468. The molecule has 2 amide bonds. The van der Waals surface area contributed by atoms with Crippen molar-refractivity contribution < 1.29 is 19.8 Å². The highest BCUT2D eigenvalue weighted by Crippen LogP contribution is 2.16. The summed E-state index contributed by atoms with van der Waals surface area (Å²) in [6.07, 6.45) is -0.925. The Labute approximate surface area is 117 Å². The van der Waals surface area contributed by atoms with E-state index in [9.17, 15) is 14.7 Å². The molecule has 1 rings (SSSR count). The second-order valence-corrected chi connectivity index (χ2v) is 4.72. The van der Waals surface area contributed by atoms with Crippen molar-refractivity contribution in [2.24, 2.45) is 0 Å². The van der Waals surface area contributed by atoms with Crippen molar-refractivity contribution in [3.8, 4) is 0 Å². The quantitative estimate of drug-likeness (QED) is 0.627. The number of aryl methyl sites for hydroxylation is 2. The van der Waals surface area contributed by atoms with E-state index in [-0.39, 0.29) is 19.5 Å². The van der Waals surface area contributed by atoms with Gasteiger partial charge < -0.3 is 20.8 Å². The van der Waals surface area contributed by atoms with Gasteiger partial charge >= 0.3 is 12.0 Å². The van der Waals surface area contributed by atoms with Gasteiger partial charge in [0.05, 0.1) is 12.5 Å². The van der Waals surface area contributed by atoms with Crippen molar-refractivity contribution in [2.75, 3.05) is 13.1 Å². The molecule has 0 radical (unpaired) electrons. The number of carboxylic acid groups (broad SMARTS) is 1. The number of rotatable bonds is 6. The molecule has 0 spiro atoms. The summed E-state index contributed by atoms with van der Waals surface area (Å²) in [5.74, 6) is -0.972. The van der Waals surface area contributed by atoms with Crippen LogP contribution in [-0.4, -0.2) is 35.3 Å². The number of nitrogens with one attached hydrogen (secondary N) is 2. The summed E-state index contributed by atoms with van der Waals surface area (Å²) in [5.41, 5.74) is 2.84. The first-order valence-corrected chi connectivity index (χ1v) is 6.38. The highest BCUT2D eigenvalue weighted by Gasteiger charge is 2.10. The Hall–Kier alpha value is -2.08. The van der Waals surface area contributed by atoms with E-state index < -0.39 is 18.1 Å². The highest BCUT2D eigenvalue weighted by molar-refractivity contribution is 5.75. The Morgan fingerprint density at radius 3 is 2.30 bits per heavy atom. The predicted molar refractivity (Wildman–Crippen MR) is 74.5 cm³/mol. The molecule has 110 valence electrons. The van der Waals surface area contributed by atoms with Crippen LogP contribution in [0.5, 0.6) is 0 Å². The van der Waals surface area contributed by atoms with Crippen LogP contribution in [0.2, 0.25) is 0 Å². The molecule has 0 fully saturated rings. The monoisotopic (exact) mass is 280 g/mol. The van der Waals surface area contributed by atoms with Gasteiger partial charge in [0.2, 0.25) is 0 Å². The van der Waals surface area contributed by atoms with Crippen molar-refractivity contribution in [3.63, 3.8) is 0 Å². The molecule has 1 atom stereocenters. The third-order valence-corrected chi connectivity index (χ3v) is 2.71. The molecular formula is C14H20N2O4. The molecule has 0 aromatic heterocycles. The fraction of sp³-hybridized carbons (Fsp3) is 0.429. The number of carbonyl (C=O) groups is 2. The maximum absolute atomic E-state index is 11.4. The number of hydrogen-bond acceptors (Lipinski definition) is 3. The lowest BCUT2D eigenvalue weighted by molar-refractivity contribution is -0.136. The van der Waals surface area contributed by atoms with E-state index in [0.717, 1.165) is 16.7 Å². The lowest BCUT2D eigenvalue weighted by atomic mass is 10.0. The number of carbonyl (C=O) groups excluding carboxylic acids is 1. The predicted octanol–water partition coefficient (Wildman–Crippen LogP) is 1.11. The summed E-state index contributed by atoms with van der Waals surface area (Å²) in [4.78, 5) is 21.7. The first kappa shape index (κ1) is 16.0. The fourth-order valence-electron chi connectivity index (χ4n) is 1.85. The van der Waals surface area contributed by atoms with Gasteiger partial charge in [0.15, 0.2) is 0 Å². The van der Waals surface area contributed by atoms with Gasteiger partial charge in [0.25, 0.3) is 0 Å². The average molecular weight is 280 g/mol. The van der Waals surface area contributed by atoms with Crippen molar-refractivity contribution >= 4 is 12.0 Å². The zero-order valence-corrected chi connectivity index (χ0v) is 11.6. The van der Waals surface area contributed by atoms with Crippen LogP contribution in [-0.2, 0) is 4.79 Å². The van der Waals surface area contributed by atoms with E-state index in [0.29, 0.717) is 0 Å². The van der Waals surface area contributed by atoms with Gasteiger partial charge in [-0.05, 0) is 19.4 Å². The Morgan fingerprint density at radius 1 is 1.15 bits per heavy atom. The van der Waals surface area contributed by atoms with Crippen molar-refractivity contribution in [3.05, 3.63) is 34.9 Å². The van der Waals surface area contributed by atoms with Crippen molar-refractivity contribution in [2.45, 2.75) is 26.4 Å². The number of aliphatic hydroxyl groups is 1. The van der Waals surface area contributed by atoms with Crippen molar-refractivity contribution in [1.29, 1.82) is 0 Å². The number of aliphatic carboxylic acids is 1. The minimum absolute atomic E-state index is 0.0564. The zero-order chi connectivity index (χ0) is 15.1. The topological polar surface area (TPSA) is 98.7 Å². The average Bonchev–Trinajstić information content (AvgIpc) is 2.34. The summed E-state index contributed by atoms with van der Waals surface area (Å²) in [6, 6.07) is 5.24. The van der Waals surface area contributed by atoms with E-state index >= 15 is 0 Å². The molecule has 0 saturated carbocycles. The van der Waals surface area contributed by atoms with E-state index in [1.807, 2.05) is 32.0 Å². The van der Waals surface area contributed by atoms with Crippen molar-refractivity contribution in [1.82, 2.24) is 10.6 Å². The first-order chi connectivity index (χ1) is 9.38. The number of amides is 2. The molecule has 0 heterocycles.